The van der Waals surface area contributed by atoms with Gasteiger partial charge in [0, 0.05) is 6.42 Å². The number of likely N-dealkylation sites (tertiary alicyclic amines) is 2. The van der Waals surface area contributed by atoms with E-state index in [1.807, 2.05) is 0 Å². The third-order valence-corrected chi connectivity index (χ3v) is 3.78. The maximum atomic E-state index is 11.6. The summed E-state index contributed by atoms with van der Waals surface area (Å²) in [5, 5.41) is 0. The van der Waals surface area contributed by atoms with E-state index in [4.69, 9.17) is 5.73 Å². The summed E-state index contributed by atoms with van der Waals surface area (Å²) in [6.07, 6.45) is 4.74. The first-order valence-corrected chi connectivity index (χ1v) is 6.95. The molecule has 2 saturated heterocycles. The van der Waals surface area contributed by atoms with E-state index in [9.17, 15) is 9.59 Å². The van der Waals surface area contributed by atoms with Crippen molar-refractivity contribution in [3.63, 3.8) is 0 Å². The van der Waals surface area contributed by atoms with Crippen LogP contribution in [-0.4, -0.2) is 53.8 Å². The first-order chi connectivity index (χ1) is 9.18. The highest BCUT2D eigenvalue weighted by atomic mass is 16.2. The number of primary amides is 1. The molecule has 0 spiro atoms. The first-order valence-electron chi connectivity index (χ1n) is 6.95. The van der Waals surface area contributed by atoms with E-state index < -0.39 is 11.9 Å². The van der Waals surface area contributed by atoms with Crippen molar-refractivity contribution in [3.8, 4) is 11.8 Å². The summed E-state index contributed by atoms with van der Waals surface area (Å²) in [6, 6.07) is -0.461. The summed E-state index contributed by atoms with van der Waals surface area (Å²) in [4.78, 5) is 26.7. The molecule has 2 fully saturated rings. The van der Waals surface area contributed by atoms with Gasteiger partial charge in [-0.05, 0) is 32.4 Å². The molecule has 2 aliphatic heterocycles. The molecule has 2 rings (SSSR count). The number of hydrogen-bond acceptors (Lipinski definition) is 3. The van der Waals surface area contributed by atoms with Gasteiger partial charge >= 0.3 is 0 Å². The molecule has 5 nitrogen and oxygen atoms in total. The highest BCUT2D eigenvalue weighted by Gasteiger charge is 2.33. The SMILES string of the molecule is NC(=O)C1CCC(=O)N1CC#CCN1CCCCC1. The fourth-order valence-corrected chi connectivity index (χ4v) is 2.65. The topological polar surface area (TPSA) is 66.6 Å². The number of carbonyl (C=O) groups excluding carboxylic acids is 2. The maximum absolute atomic E-state index is 11.6. The molecule has 0 saturated carbocycles. The van der Waals surface area contributed by atoms with Crippen molar-refractivity contribution in [2.24, 2.45) is 5.73 Å². The van der Waals surface area contributed by atoms with E-state index in [2.05, 4.69) is 16.7 Å². The van der Waals surface area contributed by atoms with Gasteiger partial charge < -0.3 is 10.6 Å². The van der Waals surface area contributed by atoms with Crippen LogP contribution in [0.2, 0.25) is 0 Å². The molecule has 2 N–H and O–H groups in total. The second-order valence-corrected chi connectivity index (χ2v) is 5.17. The predicted molar refractivity (Wildman–Crippen MR) is 72.0 cm³/mol. The van der Waals surface area contributed by atoms with Gasteiger partial charge in [0.1, 0.15) is 6.04 Å². The Balaban J connectivity index is 1.80. The largest absolute Gasteiger partial charge is 0.368 e. The van der Waals surface area contributed by atoms with Crippen LogP contribution >= 0.6 is 0 Å². The molecule has 0 radical (unpaired) electrons. The van der Waals surface area contributed by atoms with E-state index in [0.717, 1.165) is 19.6 Å². The first kappa shape index (κ1) is 13.9. The van der Waals surface area contributed by atoms with Crippen molar-refractivity contribution in [2.75, 3.05) is 26.2 Å². The minimum Gasteiger partial charge on any atom is -0.368 e. The molecular formula is C14H21N3O2. The minimum absolute atomic E-state index is 0.0175. The highest BCUT2D eigenvalue weighted by Crippen LogP contribution is 2.17. The lowest BCUT2D eigenvalue weighted by molar-refractivity contribution is -0.133. The molecule has 2 heterocycles. The Kier molecular flexibility index (Phi) is 4.80. The zero-order valence-corrected chi connectivity index (χ0v) is 11.2. The van der Waals surface area contributed by atoms with Crippen LogP contribution in [0.25, 0.3) is 0 Å². The minimum atomic E-state index is -0.461. The van der Waals surface area contributed by atoms with Gasteiger partial charge in [0.05, 0.1) is 13.1 Å². The average Bonchev–Trinajstić information content (AvgIpc) is 2.77. The Morgan fingerprint density at radius 3 is 2.58 bits per heavy atom. The molecule has 104 valence electrons. The Morgan fingerprint density at radius 1 is 1.21 bits per heavy atom. The van der Waals surface area contributed by atoms with Crippen molar-refractivity contribution < 1.29 is 9.59 Å². The number of amides is 2. The van der Waals surface area contributed by atoms with E-state index >= 15 is 0 Å². The average molecular weight is 263 g/mol. The molecule has 5 heteroatoms. The zero-order chi connectivity index (χ0) is 13.7. The zero-order valence-electron chi connectivity index (χ0n) is 11.2. The summed E-state index contributed by atoms with van der Waals surface area (Å²) < 4.78 is 0. The Labute approximate surface area is 114 Å². The third-order valence-electron chi connectivity index (χ3n) is 3.78. The van der Waals surface area contributed by atoms with Crippen molar-refractivity contribution in [2.45, 2.75) is 38.1 Å². The summed E-state index contributed by atoms with van der Waals surface area (Å²) >= 11 is 0. The van der Waals surface area contributed by atoms with E-state index in [-0.39, 0.29) is 5.91 Å². The van der Waals surface area contributed by atoms with E-state index in [1.165, 1.54) is 24.2 Å². The molecular weight excluding hydrogens is 242 g/mol. The maximum Gasteiger partial charge on any atom is 0.240 e. The summed E-state index contributed by atoms with van der Waals surface area (Å²) in [6.45, 7) is 3.30. The fourth-order valence-electron chi connectivity index (χ4n) is 2.65. The number of nitrogens with zero attached hydrogens (tertiary/aromatic N) is 2. The van der Waals surface area contributed by atoms with Gasteiger partial charge in [0.15, 0.2) is 0 Å². The van der Waals surface area contributed by atoms with Crippen LogP contribution in [0, 0.1) is 11.8 Å². The molecule has 0 bridgehead atoms. The van der Waals surface area contributed by atoms with Crippen LogP contribution < -0.4 is 5.73 Å². The summed E-state index contributed by atoms with van der Waals surface area (Å²) in [7, 11) is 0. The molecule has 1 unspecified atom stereocenters. The standard InChI is InChI=1S/C14H21N3O2/c15-14(19)12-6-7-13(18)17(12)11-5-4-10-16-8-2-1-3-9-16/h12H,1-3,6-11H2,(H2,15,19). The fraction of sp³-hybridized carbons (Fsp3) is 0.714. The van der Waals surface area contributed by atoms with Crippen LogP contribution in [-0.2, 0) is 9.59 Å². The van der Waals surface area contributed by atoms with Gasteiger partial charge in [-0.3, -0.25) is 14.5 Å². The molecule has 2 amide bonds. The van der Waals surface area contributed by atoms with Gasteiger partial charge in [-0.2, -0.15) is 0 Å². The number of rotatable bonds is 3. The highest BCUT2D eigenvalue weighted by molar-refractivity contribution is 5.90. The molecule has 2 aliphatic rings. The summed E-state index contributed by atoms with van der Waals surface area (Å²) in [5.41, 5.74) is 5.28. The molecule has 0 aromatic heterocycles. The van der Waals surface area contributed by atoms with Gasteiger partial charge in [0.25, 0.3) is 0 Å². The van der Waals surface area contributed by atoms with Crippen LogP contribution in [0.1, 0.15) is 32.1 Å². The lowest BCUT2D eigenvalue weighted by atomic mass is 10.1. The van der Waals surface area contributed by atoms with Gasteiger partial charge in [-0.25, -0.2) is 0 Å². The lowest BCUT2D eigenvalue weighted by Crippen LogP contribution is -2.42. The second-order valence-electron chi connectivity index (χ2n) is 5.17. The molecule has 0 aliphatic carbocycles. The smallest absolute Gasteiger partial charge is 0.240 e. The number of hydrogen-bond donors (Lipinski definition) is 1. The van der Waals surface area contributed by atoms with Gasteiger partial charge in [0.2, 0.25) is 11.8 Å². The monoisotopic (exact) mass is 263 g/mol. The van der Waals surface area contributed by atoms with E-state index in [1.54, 1.807) is 0 Å². The van der Waals surface area contributed by atoms with Gasteiger partial charge in [-0.1, -0.05) is 18.3 Å². The third kappa shape index (κ3) is 3.71. The quantitative estimate of drug-likeness (QED) is 0.726. The second kappa shape index (κ2) is 6.58. The predicted octanol–water partition coefficient (Wildman–Crippen LogP) is -0.0480. The number of piperidine rings is 1. The molecule has 0 aromatic carbocycles. The van der Waals surface area contributed by atoms with Crippen molar-refractivity contribution in [1.82, 2.24) is 9.80 Å². The van der Waals surface area contributed by atoms with Crippen LogP contribution in [0.5, 0.6) is 0 Å². The van der Waals surface area contributed by atoms with Crippen molar-refractivity contribution in [3.05, 3.63) is 0 Å². The normalized spacial score (nSPS) is 24.1. The number of carbonyl (C=O) groups is 2. The van der Waals surface area contributed by atoms with E-state index in [0.29, 0.717) is 19.4 Å². The molecule has 19 heavy (non-hydrogen) atoms. The van der Waals surface area contributed by atoms with Crippen LogP contribution in [0.4, 0.5) is 0 Å². The lowest BCUT2D eigenvalue weighted by Gasteiger charge is -2.24. The van der Waals surface area contributed by atoms with Crippen molar-refractivity contribution in [1.29, 1.82) is 0 Å². The van der Waals surface area contributed by atoms with Gasteiger partial charge in [-0.15, -0.1) is 0 Å². The molecule has 0 aromatic rings. The van der Waals surface area contributed by atoms with Crippen LogP contribution in [0.3, 0.4) is 0 Å². The number of nitrogens with two attached hydrogens (primary N) is 1. The van der Waals surface area contributed by atoms with Crippen molar-refractivity contribution >= 4 is 11.8 Å². The summed E-state index contributed by atoms with van der Waals surface area (Å²) in [5.74, 6) is 5.64. The molecule has 1 atom stereocenters. The Hall–Kier alpha value is -1.54. The Bertz CT molecular complexity index is 405. The Morgan fingerprint density at radius 2 is 1.89 bits per heavy atom. The van der Waals surface area contributed by atoms with Crippen LogP contribution in [0.15, 0.2) is 0 Å².